The van der Waals surface area contributed by atoms with Gasteiger partial charge >= 0.3 is 0 Å². The minimum Gasteiger partial charge on any atom is -0.508 e. The van der Waals surface area contributed by atoms with Gasteiger partial charge in [0.25, 0.3) is 5.91 Å². The van der Waals surface area contributed by atoms with E-state index in [1.54, 1.807) is 16.8 Å². The van der Waals surface area contributed by atoms with Gasteiger partial charge in [-0.3, -0.25) is 9.48 Å². The van der Waals surface area contributed by atoms with Gasteiger partial charge in [-0.2, -0.15) is 5.10 Å². The van der Waals surface area contributed by atoms with E-state index in [0.717, 1.165) is 34.9 Å². The lowest BCUT2D eigenvalue weighted by atomic mass is 10.1. The van der Waals surface area contributed by atoms with Crippen molar-refractivity contribution in [1.29, 1.82) is 0 Å². The van der Waals surface area contributed by atoms with Crippen LogP contribution in [0.1, 0.15) is 34.5 Å². The molecule has 1 aliphatic carbocycles. The second-order valence-corrected chi connectivity index (χ2v) is 6.29. The molecule has 0 atom stereocenters. The average molecular weight is 310 g/mol. The standard InChI is InChI=1S/C17H18N4O2/c1-10-13-4-3-12(22)7-14(13)19-15(10)16(23)20-17(5-6-17)11-8-18-21(2)9-11/h3-4,7-9,19,22H,5-6H2,1-2H3,(H,20,23). The molecule has 0 aliphatic heterocycles. The number of aromatic nitrogens is 3. The van der Waals surface area contributed by atoms with Crippen molar-refractivity contribution in [3.05, 3.63) is 47.4 Å². The fourth-order valence-corrected chi connectivity index (χ4v) is 3.11. The van der Waals surface area contributed by atoms with Crippen molar-refractivity contribution in [2.75, 3.05) is 0 Å². The summed E-state index contributed by atoms with van der Waals surface area (Å²) in [6.07, 6.45) is 5.60. The van der Waals surface area contributed by atoms with Crippen molar-refractivity contribution >= 4 is 16.8 Å². The van der Waals surface area contributed by atoms with E-state index in [-0.39, 0.29) is 17.2 Å². The molecular weight excluding hydrogens is 292 g/mol. The number of aromatic amines is 1. The van der Waals surface area contributed by atoms with Gasteiger partial charge in [-0.05, 0) is 37.5 Å². The molecule has 3 aromatic rings. The fraction of sp³-hybridized carbons (Fsp3) is 0.294. The molecule has 1 saturated carbocycles. The summed E-state index contributed by atoms with van der Waals surface area (Å²) in [5.41, 5.74) is 2.94. The van der Waals surface area contributed by atoms with Crippen LogP contribution in [0.15, 0.2) is 30.6 Å². The smallest absolute Gasteiger partial charge is 0.268 e. The molecule has 2 aromatic heterocycles. The van der Waals surface area contributed by atoms with Crippen LogP contribution in [0, 0.1) is 6.92 Å². The molecule has 6 nitrogen and oxygen atoms in total. The van der Waals surface area contributed by atoms with Crippen molar-refractivity contribution < 1.29 is 9.90 Å². The molecule has 0 unspecified atom stereocenters. The van der Waals surface area contributed by atoms with Crippen LogP contribution in [0.4, 0.5) is 0 Å². The van der Waals surface area contributed by atoms with Gasteiger partial charge in [0, 0.05) is 35.8 Å². The number of amides is 1. The molecular formula is C17H18N4O2. The lowest BCUT2D eigenvalue weighted by Crippen LogP contribution is -2.35. The van der Waals surface area contributed by atoms with Gasteiger partial charge in [-0.15, -0.1) is 0 Å². The highest BCUT2D eigenvalue weighted by molar-refractivity contribution is 6.01. The second-order valence-electron chi connectivity index (χ2n) is 6.29. The van der Waals surface area contributed by atoms with E-state index in [4.69, 9.17) is 0 Å². The molecule has 1 aromatic carbocycles. The van der Waals surface area contributed by atoms with Crippen LogP contribution in [0.3, 0.4) is 0 Å². The predicted molar refractivity (Wildman–Crippen MR) is 86.3 cm³/mol. The number of rotatable bonds is 3. The SMILES string of the molecule is Cc1c(C(=O)NC2(c3cnn(C)c3)CC2)[nH]c2cc(O)ccc12. The van der Waals surface area contributed by atoms with E-state index in [0.29, 0.717) is 5.69 Å². The zero-order valence-electron chi connectivity index (χ0n) is 13.1. The van der Waals surface area contributed by atoms with E-state index in [9.17, 15) is 9.90 Å². The van der Waals surface area contributed by atoms with Gasteiger partial charge in [-0.25, -0.2) is 0 Å². The normalized spacial score (nSPS) is 15.7. The first kappa shape index (κ1) is 13.9. The number of hydrogen-bond acceptors (Lipinski definition) is 3. The molecule has 1 aliphatic rings. The van der Waals surface area contributed by atoms with Crippen LogP contribution in [-0.2, 0) is 12.6 Å². The first-order chi connectivity index (χ1) is 11.0. The molecule has 23 heavy (non-hydrogen) atoms. The Morgan fingerprint density at radius 3 is 2.87 bits per heavy atom. The van der Waals surface area contributed by atoms with E-state index in [1.807, 2.05) is 32.4 Å². The number of aromatic hydroxyl groups is 1. The van der Waals surface area contributed by atoms with Crippen molar-refractivity contribution in [2.45, 2.75) is 25.3 Å². The first-order valence-electron chi connectivity index (χ1n) is 7.61. The Balaban J connectivity index is 1.66. The Kier molecular flexibility index (Phi) is 2.78. The Bertz CT molecular complexity index is 918. The molecule has 6 heteroatoms. The minimum atomic E-state index is -0.294. The number of aryl methyl sites for hydroxylation is 2. The molecule has 0 spiro atoms. The molecule has 4 rings (SSSR count). The zero-order chi connectivity index (χ0) is 16.2. The Hall–Kier alpha value is -2.76. The highest BCUT2D eigenvalue weighted by atomic mass is 16.3. The average Bonchev–Trinajstić information content (AvgIpc) is 3.02. The molecule has 0 saturated heterocycles. The van der Waals surface area contributed by atoms with Crippen molar-refractivity contribution in [3.63, 3.8) is 0 Å². The summed E-state index contributed by atoms with van der Waals surface area (Å²) in [5, 5.41) is 17.9. The highest BCUT2D eigenvalue weighted by Crippen LogP contribution is 2.45. The van der Waals surface area contributed by atoms with Gasteiger partial charge in [0.05, 0.1) is 11.7 Å². The number of fused-ring (bicyclic) bond motifs is 1. The summed E-state index contributed by atoms with van der Waals surface area (Å²) >= 11 is 0. The van der Waals surface area contributed by atoms with Crippen LogP contribution in [0.25, 0.3) is 10.9 Å². The third-order valence-corrected chi connectivity index (χ3v) is 4.63. The van der Waals surface area contributed by atoms with Gasteiger partial charge in [-0.1, -0.05) is 0 Å². The fourth-order valence-electron chi connectivity index (χ4n) is 3.11. The number of carbonyl (C=O) groups is 1. The molecule has 2 heterocycles. The topological polar surface area (TPSA) is 82.9 Å². The summed E-state index contributed by atoms with van der Waals surface area (Å²) in [6.45, 7) is 1.91. The number of carbonyl (C=O) groups excluding carboxylic acids is 1. The number of nitrogens with zero attached hydrogens (tertiary/aromatic N) is 2. The second kappa shape index (κ2) is 4.62. The van der Waals surface area contributed by atoms with Gasteiger partial charge in [0.1, 0.15) is 11.4 Å². The van der Waals surface area contributed by atoms with E-state index in [1.165, 1.54) is 0 Å². The number of benzene rings is 1. The summed E-state index contributed by atoms with van der Waals surface area (Å²) in [7, 11) is 1.87. The number of phenols is 1. The lowest BCUT2D eigenvalue weighted by molar-refractivity contribution is 0.0926. The molecule has 1 amide bonds. The summed E-state index contributed by atoms with van der Waals surface area (Å²) < 4.78 is 1.75. The highest BCUT2D eigenvalue weighted by Gasteiger charge is 2.47. The molecule has 1 fully saturated rings. The van der Waals surface area contributed by atoms with Crippen molar-refractivity contribution in [3.8, 4) is 5.75 Å². The van der Waals surface area contributed by atoms with Crippen LogP contribution >= 0.6 is 0 Å². The third-order valence-electron chi connectivity index (χ3n) is 4.63. The summed E-state index contributed by atoms with van der Waals surface area (Å²) in [4.78, 5) is 15.8. The quantitative estimate of drug-likeness (QED) is 0.694. The van der Waals surface area contributed by atoms with Gasteiger partial charge < -0.3 is 15.4 Å². The minimum absolute atomic E-state index is 0.125. The van der Waals surface area contributed by atoms with E-state index >= 15 is 0 Å². The van der Waals surface area contributed by atoms with Gasteiger partial charge in [0.2, 0.25) is 0 Å². The van der Waals surface area contributed by atoms with Crippen LogP contribution in [0.2, 0.25) is 0 Å². The Labute approximate surface area is 133 Å². The predicted octanol–water partition coefficient (Wildman–Crippen LogP) is 2.33. The van der Waals surface area contributed by atoms with Crippen LogP contribution in [-0.4, -0.2) is 25.8 Å². The first-order valence-corrected chi connectivity index (χ1v) is 7.61. The Morgan fingerprint density at radius 2 is 2.22 bits per heavy atom. The maximum absolute atomic E-state index is 12.7. The largest absolute Gasteiger partial charge is 0.508 e. The number of phenolic OH excluding ortho intramolecular Hbond substituents is 1. The Morgan fingerprint density at radius 1 is 1.43 bits per heavy atom. The van der Waals surface area contributed by atoms with E-state index in [2.05, 4.69) is 15.4 Å². The summed E-state index contributed by atoms with van der Waals surface area (Å²) in [6, 6.07) is 5.08. The van der Waals surface area contributed by atoms with Gasteiger partial charge in [0.15, 0.2) is 0 Å². The number of H-pyrrole nitrogens is 1. The molecule has 0 radical (unpaired) electrons. The van der Waals surface area contributed by atoms with Crippen molar-refractivity contribution in [1.82, 2.24) is 20.1 Å². The summed E-state index contributed by atoms with van der Waals surface area (Å²) in [5.74, 6) is 0.0549. The monoisotopic (exact) mass is 310 g/mol. The number of hydrogen-bond donors (Lipinski definition) is 3. The van der Waals surface area contributed by atoms with Crippen molar-refractivity contribution in [2.24, 2.45) is 7.05 Å². The molecule has 118 valence electrons. The number of nitrogens with one attached hydrogen (secondary N) is 2. The van der Waals surface area contributed by atoms with Crippen LogP contribution < -0.4 is 5.32 Å². The van der Waals surface area contributed by atoms with E-state index < -0.39 is 0 Å². The maximum Gasteiger partial charge on any atom is 0.268 e. The third kappa shape index (κ3) is 2.18. The maximum atomic E-state index is 12.7. The lowest BCUT2D eigenvalue weighted by Gasteiger charge is -2.15. The van der Waals surface area contributed by atoms with Crippen LogP contribution in [0.5, 0.6) is 5.75 Å². The molecule has 3 N–H and O–H groups in total. The molecule has 0 bridgehead atoms. The zero-order valence-corrected chi connectivity index (χ0v) is 13.1.